The van der Waals surface area contributed by atoms with Crippen molar-refractivity contribution in [3.63, 3.8) is 0 Å². The molecular weight excluding hydrogens is 385 g/mol. The second-order valence-electron chi connectivity index (χ2n) is 6.83. The first-order valence-corrected chi connectivity index (χ1v) is 10.2. The molecule has 0 fully saturated rings. The van der Waals surface area contributed by atoms with Gasteiger partial charge in [0.15, 0.2) is 17.5 Å². The average molecular weight is 418 g/mol. The quantitative estimate of drug-likeness (QED) is 0.314. The predicted molar refractivity (Wildman–Crippen MR) is 118 cm³/mol. The van der Waals surface area contributed by atoms with Gasteiger partial charge in [-0.2, -0.15) is 0 Å². The molecule has 0 saturated carbocycles. The third kappa shape index (κ3) is 8.75. The van der Waals surface area contributed by atoms with E-state index in [-0.39, 0.29) is 5.75 Å². The minimum absolute atomic E-state index is 0.164. The van der Waals surface area contributed by atoms with E-state index in [1.54, 1.807) is 37.7 Å². The van der Waals surface area contributed by atoms with Crippen LogP contribution in [-0.4, -0.2) is 62.8 Å². The number of rotatable bonds is 12. The summed E-state index contributed by atoms with van der Waals surface area (Å²) in [5.41, 5.74) is 0.764. The summed E-state index contributed by atoms with van der Waals surface area (Å²) >= 11 is 0. The van der Waals surface area contributed by atoms with Crippen molar-refractivity contribution in [2.45, 2.75) is 19.9 Å². The van der Waals surface area contributed by atoms with Gasteiger partial charge in [-0.1, -0.05) is 6.07 Å². The van der Waals surface area contributed by atoms with Crippen molar-refractivity contribution in [1.29, 1.82) is 0 Å². The zero-order chi connectivity index (χ0) is 21.6. The molecule has 7 nitrogen and oxygen atoms in total. The number of benzene rings is 1. The summed E-state index contributed by atoms with van der Waals surface area (Å²) in [6.45, 7) is 6.54. The van der Waals surface area contributed by atoms with Gasteiger partial charge in [-0.05, 0) is 50.2 Å². The van der Waals surface area contributed by atoms with Crippen molar-refractivity contribution in [2.24, 2.45) is 4.99 Å². The Hall–Kier alpha value is -2.71. The highest BCUT2D eigenvalue weighted by molar-refractivity contribution is 5.79. The maximum Gasteiger partial charge on any atom is 0.191 e. The summed E-state index contributed by atoms with van der Waals surface area (Å²) in [6, 6.07) is 8.34. The topological polar surface area (TPSA) is 71.0 Å². The van der Waals surface area contributed by atoms with Gasteiger partial charge in [0, 0.05) is 46.1 Å². The Morgan fingerprint density at radius 3 is 2.80 bits per heavy atom. The monoisotopic (exact) mass is 417 g/mol. The fourth-order valence-corrected chi connectivity index (χ4v) is 2.73. The van der Waals surface area contributed by atoms with Gasteiger partial charge in [0.2, 0.25) is 0 Å². The molecule has 0 radical (unpaired) electrons. The molecule has 0 aliphatic heterocycles. The summed E-state index contributed by atoms with van der Waals surface area (Å²) in [6.07, 6.45) is 4.19. The van der Waals surface area contributed by atoms with Crippen molar-refractivity contribution in [3.05, 3.63) is 54.1 Å². The molecule has 8 heteroatoms. The summed E-state index contributed by atoms with van der Waals surface area (Å²) in [4.78, 5) is 10.8. The number of pyridine rings is 1. The number of hydrogen-bond donors (Lipinski definition) is 2. The van der Waals surface area contributed by atoms with Crippen molar-refractivity contribution in [3.8, 4) is 11.5 Å². The highest BCUT2D eigenvalue weighted by atomic mass is 19.1. The summed E-state index contributed by atoms with van der Waals surface area (Å²) in [5.74, 6) is 0.936. The molecule has 0 unspecified atom stereocenters. The Morgan fingerprint density at radius 1 is 1.23 bits per heavy atom. The van der Waals surface area contributed by atoms with Crippen LogP contribution in [0.4, 0.5) is 4.39 Å². The lowest BCUT2D eigenvalue weighted by Crippen LogP contribution is -2.41. The van der Waals surface area contributed by atoms with Crippen LogP contribution >= 0.6 is 0 Å². The van der Waals surface area contributed by atoms with E-state index < -0.39 is 5.82 Å². The Morgan fingerprint density at radius 2 is 2.10 bits per heavy atom. The molecule has 0 saturated heterocycles. The van der Waals surface area contributed by atoms with E-state index in [0.29, 0.717) is 18.3 Å². The van der Waals surface area contributed by atoms with Crippen LogP contribution in [0.2, 0.25) is 0 Å². The third-order valence-electron chi connectivity index (χ3n) is 4.30. The van der Waals surface area contributed by atoms with Gasteiger partial charge in [0.25, 0.3) is 0 Å². The Labute approximate surface area is 178 Å². The van der Waals surface area contributed by atoms with E-state index in [4.69, 9.17) is 9.47 Å². The largest absolute Gasteiger partial charge is 0.453 e. The van der Waals surface area contributed by atoms with Gasteiger partial charge in [-0.3, -0.25) is 4.98 Å². The third-order valence-corrected chi connectivity index (χ3v) is 4.30. The van der Waals surface area contributed by atoms with Gasteiger partial charge < -0.3 is 25.0 Å². The number of ether oxygens (including phenoxy) is 2. The lowest BCUT2D eigenvalue weighted by atomic mass is 10.2. The Balaban J connectivity index is 1.86. The van der Waals surface area contributed by atoms with Crippen LogP contribution in [0.5, 0.6) is 11.5 Å². The molecule has 0 amide bonds. The van der Waals surface area contributed by atoms with E-state index >= 15 is 0 Å². The number of halogens is 1. The first-order valence-electron chi connectivity index (χ1n) is 10.2. The molecule has 0 aliphatic carbocycles. The van der Waals surface area contributed by atoms with Crippen LogP contribution < -0.4 is 15.4 Å². The van der Waals surface area contributed by atoms with E-state index in [2.05, 4.69) is 32.6 Å². The fourth-order valence-electron chi connectivity index (χ4n) is 2.73. The zero-order valence-corrected chi connectivity index (χ0v) is 18.0. The number of aromatic nitrogens is 1. The number of aliphatic imine (C=N–C) groups is 1. The molecular formula is C22H32FN5O2. The number of guanidine groups is 1. The Kier molecular flexibility index (Phi) is 10.6. The molecule has 1 aromatic carbocycles. The minimum Gasteiger partial charge on any atom is -0.453 e. The van der Waals surface area contributed by atoms with Gasteiger partial charge >= 0.3 is 0 Å². The van der Waals surface area contributed by atoms with Gasteiger partial charge in [-0.15, -0.1) is 0 Å². The smallest absolute Gasteiger partial charge is 0.191 e. The maximum atomic E-state index is 14.4. The SMILES string of the molecule is CCNC(=NCc1ccc(Oc2cccnc2)c(F)c1)NCCN(C)CCCOC. The second kappa shape index (κ2) is 13.5. The molecule has 1 heterocycles. The average Bonchev–Trinajstić information content (AvgIpc) is 2.75. The standard InChI is InChI=1S/C22H32FN5O2/c1-4-25-22(26-11-13-28(2)12-6-14-29-3)27-16-18-8-9-21(20(23)15-18)30-19-7-5-10-24-17-19/h5,7-10,15,17H,4,6,11-14,16H2,1-3H3,(H2,25,26,27). The summed E-state index contributed by atoms with van der Waals surface area (Å²) in [5, 5.41) is 6.52. The first kappa shape index (κ1) is 23.6. The molecule has 30 heavy (non-hydrogen) atoms. The number of methoxy groups -OCH3 is 1. The lowest BCUT2D eigenvalue weighted by Gasteiger charge is -2.18. The molecule has 1 aromatic heterocycles. The predicted octanol–water partition coefficient (Wildman–Crippen LogP) is 3.04. The van der Waals surface area contributed by atoms with E-state index in [9.17, 15) is 4.39 Å². The number of hydrogen-bond acceptors (Lipinski definition) is 5. The van der Waals surface area contributed by atoms with Crippen LogP contribution in [0.15, 0.2) is 47.7 Å². The number of nitrogens with zero attached hydrogens (tertiary/aromatic N) is 3. The summed E-state index contributed by atoms with van der Waals surface area (Å²) in [7, 11) is 3.80. The highest BCUT2D eigenvalue weighted by Crippen LogP contribution is 2.24. The summed E-state index contributed by atoms with van der Waals surface area (Å²) < 4.78 is 25.0. The molecule has 2 rings (SSSR count). The van der Waals surface area contributed by atoms with Gasteiger partial charge in [0.1, 0.15) is 5.75 Å². The molecule has 0 bridgehead atoms. The minimum atomic E-state index is -0.429. The van der Waals surface area contributed by atoms with E-state index in [0.717, 1.165) is 44.8 Å². The Bertz CT molecular complexity index is 773. The second-order valence-corrected chi connectivity index (χ2v) is 6.83. The zero-order valence-electron chi connectivity index (χ0n) is 18.0. The van der Waals surface area contributed by atoms with Crippen molar-refractivity contribution in [1.82, 2.24) is 20.5 Å². The molecule has 0 atom stereocenters. The first-order chi connectivity index (χ1) is 14.6. The molecule has 2 aromatic rings. The number of nitrogens with one attached hydrogen (secondary N) is 2. The molecule has 164 valence electrons. The molecule has 2 N–H and O–H groups in total. The molecule has 0 spiro atoms. The van der Waals surface area contributed by atoms with E-state index in [1.807, 2.05) is 13.0 Å². The fraction of sp³-hybridized carbons (Fsp3) is 0.455. The van der Waals surface area contributed by atoms with Crippen LogP contribution in [0.25, 0.3) is 0 Å². The van der Waals surface area contributed by atoms with Crippen molar-refractivity contribution >= 4 is 5.96 Å². The van der Waals surface area contributed by atoms with Crippen molar-refractivity contribution in [2.75, 3.05) is 46.9 Å². The van der Waals surface area contributed by atoms with Gasteiger partial charge in [-0.25, -0.2) is 9.38 Å². The van der Waals surface area contributed by atoms with Crippen molar-refractivity contribution < 1.29 is 13.9 Å². The lowest BCUT2D eigenvalue weighted by molar-refractivity contribution is 0.180. The van der Waals surface area contributed by atoms with Crippen LogP contribution in [-0.2, 0) is 11.3 Å². The highest BCUT2D eigenvalue weighted by Gasteiger charge is 2.07. The maximum absolute atomic E-state index is 14.4. The van der Waals surface area contributed by atoms with E-state index in [1.165, 1.54) is 6.07 Å². The number of likely N-dealkylation sites (N-methyl/N-ethyl adjacent to an activating group) is 1. The van der Waals surface area contributed by atoms with Crippen LogP contribution in [0.3, 0.4) is 0 Å². The van der Waals surface area contributed by atoms with Crippen LogP contribution in [0.1, 0.15) is 18.9 Å². The molecule has 0 aliphatic rings. The van der Waals surface area contributed by atoms with Gasteiger partial charge in [0.05, 0.1) is 12.7 Å². The van der Waals surface area contributed by atoms with Crippen LogP contribution in [0, 0.1) is 5.82 Å². The normalized spacial score (nSPS) is 11.6.